The lowest BCUT2D eigenvalue weighted by Crippen LogP contribution is -2.45. The first-order chi connectivity index (χ1) is 11.3. The average Bonchev–Trinajstić information content (AvgIpc) is 2.52. The summed E-state index contributed by atoms with van der Waals surface area (Å²) < 4.78 is 4.52. The highest BCUT2D eigenvalue weighted by molar-refractivity contribution is 7.99. The minimum absolute atomic E-state index is 0.0334. The number of hydrogen-bond donors (Lipinski definition) is 3. The third-order valence-electron chi connectivity index (χ3n) is 2.79. The number of methoxy groups -OCH3 is 1. The van der Waals surface area contributed by atoms with Crippen LogP contribution in [0.4, 0.5) is 0 Å². The lowest BCUT2D eigenvalue weighted by molar-refractivity contribution is -0.139. The zero-order valence-corrected chi connectivity index (χ0v) is 14.5. The van der Waals surface area contributed by atoms with E-state index in [4.69, 9.17) is 0 Å². The molecule has 0 aliphatic carbocycles. The van der Waals surface area contributed by atoms with Gasteiger partial charge in [0.05, 0.1) is 25.0 Å². The Morgan fingerprint density at radius 2 is 2.12 bits per heavy atom. The van der Waals surface area contributed by atoms with Crippen LogP contribution < -0.4 is 16.2 Å². The van der Waals surface area contributed by atoms with E-state index in [1.807, 2.05) is 0 Å². The molecule has 0 aliphatic rings. The lowest BCUT2D eigenvalue weighted by atomic mass is 10.3. The summed E-state index contributed by atoms with van der Waals surface area (Å²) in [4.78, 5) is 52.7. The van der Waals surface area contributed by atoms with Crippen LogP contribution in [0.2, 0.25) is 0 Å². The Kier molecular flexibility index (Phi) is 7.96. The summed E-state index contributed by atoms with van der Waals surface area (Å²) in [5.41, 5.74) is -0.174. The van der Waals surface area contributed by atoms with Crippen LogP contribution in [0.3, 0.4) is 0 Å². The van der Waals surface area contributed by atoms with Crippen molar-refractivity contribution in [1.82, 2.24) is 20.6 Å². The highest BCUT2D eigenvalue weighted by Crippen LogP contribution is 2.11. The molecule has 0 aliphatic heterocycles. The molecule has 0 saturated heterocycles. The average molecular weight is 356 g/mol. The maximum atomic E-state index is 11.8. The first-order valence-electron chi connectivity index (χ1n) is 7.22. The molecule has 0 aromatic carbocycles. The van der Waals surface area contributed by atoms with Crippen LogP contribution in [-0.2, 0) is 25.5 Å². The molecule has 0 spiro atoms. The zero-order chi connectivity index (χ0) is 18.1. The maximum absolute atomic E-state index is 11.8. The molecule has 0 fully saturated rings. The fraction of sp³-hybridized carbons (Fsp3) is 0.500. The lowest BCUT2D eigenvalue weighted by Gasteiger charge is -2.13. The van der Waals surface area contributed by atoms with Gasteiger partial charge in [-0.3, -0.25) is 19.2 Å². The largest absolute Gasteiger partial charge is 0.469 e. The molecule has 0 radical (unpaired) electrons. The van der Waals surface area contributed by atoms with Gasteiger partial charge in [0.1, 0.15) is 6.04 Å². The quantitative estimate of drug-likeness (QED) is 0.316. The number of H-pyrrole nitrogens is 1. The van der Waals surface area contributed by atoms with Gasteiger partial charge in [-0.1, -0.05) is 11.8 Å². The van der Waals surface area contributed by atoms with E-state index < -0.39 is 17.6 Å². The molecular weight excluding hydrogens is 336 g/mol. The van der Waals surface area contributed by atoms with Crippen molar-refractivity contribution in [1.29, 1.82) is 0 Å². The Morgan fingerprint density at radius 1 is 1.42 bits per heavy atom. The second-order valence-electron chi connectivity index (χ2n) is 4.77. The predicted molar refractivity (Wildman–Crippen MR) is 87.6 cm³/mol. The number of carbonyl (C=O) groups excluding carboxylic acids is 3. The molecule has 1 aromatic heterocycles. The van der Waals surface area contributed by atoms with E-state index >= 15 is 0 Å². The molecule has 0 unspecified atom stereocenters. The van der Waals surface area contributed by atoms with Gasteiger partial charge in [-0.05, 0) is 13.8 Å². The highest BCUT2D eigenvalue weighted by atomic mass is 32.2. The summed E-state index contributed by atoms with van der Waals surface area (Å²) in [6.45, 7) is 3.84. The Labute approximate surface area is 143 Å². The summed E-state index contributed by atoms with van der Waals surface area (Å²) in [6.07, 6.45) is -0.131. The number of aromatic nitrogens is 2. The maximum Gasteiger partial charge on any atom is 0.311 e. The van der Waals surface area contributed by atoms with Crippen LogP contribution in [0, 0.1) is 0 Å². The number of amides is 2. The zero-order valence-electron chi connectivity index (χ0n) is 13.7. The predicted octanol–water partition coefficient (Wildman–Crippen LogP) is -0.782. The van der Waals surface area contributed by atoms with Gasteiger partial charge in [-0.2, -0.15) is 0 Å². The van der Waals surface area contributed by atoms with Gasteiger partial charge in [0, 0.05) is 12.6 Å². The molecule has 1 rings (SSSR count). The van der Waals surface area contributed by atoms with Gasteiger partial charge < -0.3 is 20.4 Å². The number of rotatable bonds is 8. The standard InChI is InChI=1S/C14H20N4O5S/c1-4-15-13(22)8(2)16-11(20)7-24-14-17-9(5-10(19)18-14)6-12(21)23-3/h5,8H,4,6-7H2,1-3H3,(H,15,22)(H,16,20)(H,17,18,19)/t8-/m1/s1. The monoisotopic (exact) mass is 356 g/mol. The molecule has 0 saturated carbocycles. The van der Waals surface area contributed by atoms with E-state index in [1.54, 1.807) is 13.8 Å². The van der Waals surface area contributed by atoms with Gasteiger partial charge in [0.25, 0.3) is 5.56 Å². The SMILES string of the molecule is CCNC(=O)[C@@H](C)NC(=O)CSc1nc(CC(=O)OC)cc(=O)[nH]1. The number of carbonyl (C=O) groups is 3. The van der Waals surface area contributed by atoms with Crippen molar-refractivity contribution in [2.75, 3.05) is 19.4 Å². The Hall–Kier alpha value is -2.36. The molecule has 1 heterocycles. The van der Waals surface area contributed by atoms with E-state index in [2.05, 4.69) is 25.3 Å². The number of hydrogen-bond acceptors (Lipinski definition) is 7. The molecule has 1 aromatic rings. The third-order valence-corrected chi connectivity index (χ3v) is 3.66. The summed E-state index contributed by atoms with van der Waals surface area (Å²) in [6, 6.07) is 0.536. The van der Waals surface area contributed by atoms with E-state index in [0.29, 0.717) is 6.54 Å². The fourth-order valence-corrected chi connectivity index (χ4v) is 2.38. The molecule has 10 heteroatoms. The Morgan fingerprint density at radius 3 is 2.75 bits per heavy atom. The molecule has 3 N–H and O–H groups in total. The first-order valence-corrected chi connectivity index (χ1v) is 8.21. The van der Waals surface area contributed by atoms with Gasteiger partial charge in [0.2, 0.25) is 11.8 Å². The van der Waals surface area contributed by atoms with Crippen LogP contribution in [0.1, 0.15) is 19.5 Å². The molecule has 24 heavy (non-hydrogen) atoms. The fourth-order valence-electron chi connectivity index (χ4n) is 1.67. The molecular formula is C14H20N4O5S. The smallest absolute Gasteiger partial charge is 0.311 e. The topological polar surface area (TPSA) is 130 Å². The van der Waals surface area contributed by atoms with Crippen LogP contribution in [0.5, 0.6) is 0 Å². The van der Waals surface area contributed by atoms with E-state index in [0.717, 1.165) is 11.8 Å². The second-order valence-corrected chi connectivity index (χ2v) is 5.73. The first kappa shape index (κ1) is 19.7. The van der Waals surface area contributed by atoms with Crippen molar-refractivity contribution < 1.29 is 19.1 Å². The minimum atomic E-state index is -0.657. The minimum Gasteiger partial charge on any atom is -0.469 e. The summed E-state index contributed by atoms with van der Waals surface area (Å²) in [5, 5.41) is 5.35. The van der Waals surface area contributed by atoms with E-state index in [1.165, 1.54) is 13.2 Å². The van der Waals surface area contributed by atoms with Crippen molar-refractivity contribution in [3.8, 4) is 0 Å². The van der Waals surface area contributed by atoms with E-state index in [-0.39, 0.29) is 34.8 Å². The van der Waals surface area contributed by atoms with Gasteiger partial charge in [-0.25, -0.2) is 4.98 Å². The Bertz CT molecular complexity index is 661. The molecule has 1 atom stereocenters. The van der Waals surface area contributed by atoms with Gasteiger partial charge >= 0.3 is 5.97 Å². The number of ether oxygens (including phenoxy) is 1. The van der Waals surface area contributed by atoms with Crippen molar-refractivity contribution >= 4 is 29.5 Å². The summed E-state index contributed by atoms with van der Waals surface area (Å²) in [7, 11) is 1.24. The number of esters is 1. The Balaban J connectivity index is 2.60. The second kappa shape index (κ2) is 9.71. The van der Waals surface area contributed by atoms with Crippen LogP contribution >= 0.6 is 11.8 Å². The summed E-state index contributed by atoms with van der Waals surface area (Å²) >= 11 is 0.996. The number of likely N-dealkylation sites (N-methyl/N-ethyl adjacent to an activating group) is 1. The molecule has 0 bridgehead atoms. The number of nitrogens with one attached hydrogen (secondary N) is 3. The molecule has 132 valence electrons. The summed E-state index contributed by atoms with van der Waals surface area (Å²) in [5.74, 6) is -1.20. The highest BCUT2D eigenvalue weighted by Gasteiger charge is 2.15. The number of thioether (sulfide) groups is 1. The van der Waals surface area contributed by atoms with Gasteiger partial charge in [0.15, 0.2) is 5.16 Å². The van der Waals surface area contributed by atoms with Gasteiger partial charge in [-0.15, -0.1) is 0 Å². The van der Waals surface area contributed by atoms with Crippen LogP contribution in [0.25, 0.3) is 0 Å². The van der Waals surface area contributed by atoms with Crippen molar-refractivity contribution in [2.24, 2.45) is 0 Å². The van der Waals surface area contributed by atoms with Crippen molar-refractivity contribution in [3.63, 3.8) is 0 Å². The molecule has 2 amide bonds. The van der Waals surface area contributed by atoms with E-state index in [9.17, 15) is 19.2 Å². The van der Waals surface area contributed by atoms with Crippen LogP contribution in [-0.4, -0.2) is 53.2 Å². The normalized spacial score (nSPS) is 11.5. The third kappa shape index (κ3) is 6.82. The van der Waals surface area contributed by atoms with Crippen LogP contribution in [0.15, 0.2) is 16.0 Å². The van der Waals surface area contributed by atoms with Crippen molar-refractivity contribution in [2.45, 2.75) is 31.5 Å². The molecule has 9 nitrogen and oxygen atoms in total. The van der Waals surface area contributed by atoms with Crippen molar-refractivity contribution in [3.05, 3.63) is 22.1 Å². The number of aromatic amines is 1. The number of nitrogens with zero attached hydrogens (tertiary/aromatic N) is 1.